The highest BCUT2D eigenvalue weighted by molar-refractivity contribution is 7.13. The molecule has 0 aliphatic heterocycles. The van der Waals surface area contributed by atoms with Crippen molar-refractivity contribution in [3.63, 3.8) is 0 Å². The summed E-state index contributed by atoms with van der Waals surface area (Å²) in [5.74, 6) is 0. The first kappa shape index (κ1) is 10.2. The van der Waals surface area contributed by atoms with E-state index in [-0.39, 0.29) is 5.54 Å². The minimum absolute atomic E-state index is 0.165. The molecule has 0 spiro atoms. The van der Waals surface area contributed by atoms with Gasteiger partial charge in [-0.2, -0.15) is 4.37 Å². The van der Waals surface area contributed by atoms with Crippen molar-refractivity contribution in [3.05, 3.63) is 29.5 Å². The standard InChI is InChI=1S/C13H16N2S/c1-9-11-3-2-10(8-12(11)16-15-9)4-5-13(14)6-7-13/h2-3,8H,4-7,14H2,1H3. The smallest absolute Gasteiger partial charge is 0.0589 e. The van der Waals surface area contributed by atoms with Crippen LogP contribution in [0.5, 0.6) is 0 Å². The quantitative estimate of drug-likeness (QED) is 0.883. The number of nitrogens with zero attached hydrogens (tertiary/aromatic N) is 1. The van der Waals surface area contributed by atoms with Gasteiger partial charge in [0.2, 0.25) is 0 Å². The largest absolute Gasteiger partial charge is 0.325 e. The number of aromatic nitrogens is 1. The van der Waals surface area contributed by atoms with E-state index >= 15 is 0 Å². The van der Waals surface area contributed by atoms with E-state index in [1.807, 2.05) is 0 Å². The van der Waals surface area contributed by atoms with Crippen LogP contribution in [0.15, 0.2) is 18.2 Å². The van der Waals surface area contributed by atoms with Gasteiger partial charge >= 0.3 is 0 Å². The van der Waals surface area contributed by atoms with E-state index in [1.54, 1.807) is 11.5 Å². The Kier molecular flexibility index (Phi) is 2.26. The maximum absolute atomic E-state index is 6.10. The van der Waals surface area contributed by atoms with E-state index in [9.17, 15) is 0 Å². The molecule has 0 bridgehead atoms. The molecule has 1 saturated carbocycles. The van der Waals surface area contributed by atoms with E-state index in [0.717, 1.165) is 18.5 Å². The number of hydrogen-bond donors (Lipinski definition) is 1. The highest BCUT2D eigenvalue weighted by Gasteiger charge is 2.37. The second-order valence-corrected chi connectivity index (χ2v) is 5.77. The third-order valence-corrected chi connectivity index (χ3v) is 4.42. The molecule has 84 valence electrons. The fourth-order valence-corrected chi connectivity index (χ4v) is 2.92. The fraction of sp³-hybridized carbons (Fsp3) is 0.462. The number of fused-ring (bicyclic) bond motifs is 1. The van der Waals surface area contributed by atoms with Crippen LogP contribution in [-0.2, 0) is 6.42 Å². The summed E-state index contributed by atoms with van der Waals surface area (Å²) in [7, 11) is 0. The van der Waals surface area contributed by atoms with Gasteiger partial charge in [0.1, 0.15) is 0 Å². The van der Waals surface area contributed by atoms with Gasteiger partial charge in [-0.25, -0.2) is 0 Å². The molecule has 3 heteroatoms. The van der Waals surface area contributed by atoms with Gasteiger partial charge in [0.15, 0.2) is 0 Å². The predicted molar refractivity (Wildman–Crippen MR) is 68.8 cm³/mol. The molecule has 1 aromatic carbocycles. The first-order valence-electron chi connectivity index (χ1n) is 5.80. The molecule has 1 aliphatic carbocycles. The Morgan fingerprint density at radius 3 is 3.00 bits per heavy atom. The van der Waals surface area contributed by atoms with Crippen LogP contribution in [0.2, 0.25) is 0 Å². The highest BCUT2D eigenvalue weighted by atomic mass is 32.1. The Bertz CT molecular complexity index is 526. The van der Waals surface area contributed by atoms with Crippen LogP contribution in [0.25, 0.3) is 10.1 Å². The van der Waals surface area contributed by atoms with Crippen LogP contribution >= 0.6 is 11.5 Å². The van der Waals surface area contributed by atoms with Crippen molar-refractivity contribution in [3.8, 4) is 0 Å². The SMILES string of the molecule is Cc1nsc2cc(CCC3(N)CC3)ccc12. The van der Waals surface area contributed by atoms with Crippen LogP contribution in [0.1, 0.15) is 30.5 Å². The third kappa shape index (κ3) is 1.85. The Balaban J connectivity index is 1.82. The van der Waals surface area contributed by atoms with E-state index in [0.29, 0.717) is 0 Å². The zero-order valence-electron chi connectivity index (χ0n) is 9.49. The second-order valence-electron chi connectivity index (χ2n) is 4.96. The van der Waals surface area contributed by atoms with Crippen LogP contribution in [0, 0.1) is 6.92 Å². The lowest BCUT2D eigenvalue weighted by Crippen LogP contribution is -2.21. The molecule has 0 unspecified atom stereocenters. The van der Waals surface area contributed by atoms with Gasteiger partial charge < -0.3 is 5.73 Å². The van der Waals surface area contributed by atoms with Gasteiger partial charge in [0, 0.05) is 10.9 Å². The lowest BCUT2D eigenvalue weighted by molar-refractivity contribution is 0.609. The highest BCUT2D eigenvalue weighted by Crippen LogP contribution is 2.36. The number of benzene rings is 1. The van der Waals surface area contributed by atoms with Gasteiger partial charge in [-0.3, -0.25) is 0 Å². The zero-order valence-corrected chi connectivity index (χ0v) is 10.3. The summed E-state index contributed by atoms with van der Waals surface area (Å²) in [6, 6.07) is 6.68. The molecule has 2 aromatic rings. The van der Waals surface area contributed by atoms with E-state index in [1.165, 1.54) is 28.5 Å². The number of hydrogen-bond acceptors (Lipinski definition) is 3. The van der Waals surface area contributed by atoms with E-state index < -0.39 is 0 Å². The monoisotopic (exact) mass is 232 g/mol. The molecule has 0 atom stereocenters. The summed E-state index contributed by atoms with van der Waals surface area (Å²) >= 11 is 1.60. The molecule has 0 radical (unpaired) electrons. The molecule has 2 nitrogen and oxygen atoms in total. The zero-order chi connectivity index (χ0) is 11.2. The number of nitrogens with two attached hydrogens (primary N) is 1. The lowest BCUT2D eigenvalue weighted by Gasteiger charge is -2.07. The van der Waals surface area contributed by atoms with Gasteiger partial charge in [-0.15, -0.1) is 0 Å². The van der Waals surface area contributed by atoms with Crippen molar-refractivity contribution in [2.75, 3.05) is 0 Å². The minimum Gasteiger partial charge on any atom is -0.325 e. The van der Waals surface area contributed by atoms with Gasteiger partial charge in [-0.05, 0) is 55.8 Å². The van der Waals surface area contributed by atoms with Crippen molar-refractivity contribution >= 4 is 21.6 Å². The average Bonchev–Trinajstić information content (AvgIpc) is 2.91. The molecule has 1 heterocycles. The summed E-state index contributed by atoms with van der Waals surface area (Å²) in [6.07, 6.45) is 4.63. The van der Waals surface area contributed by atoms with Gasteiger partial charge in [0.25, 0.3) is 0 Å². The molecule has 1 fully saturated rings. The number of rotatable bonds is 3. The average molecular weight is 232 g/mol. The summed E-state index contributed by atoms with van der Waals surface area (Å²) in [6.45, 7) is 2.07. The molecule has 0 amide bonds. The summed E-state index contributed by atoms with van der Waals surface area (Å²) < 4.78 is 5.68. The third-order valence-electron chi connectivity index (χ3n) is 3.52. The Morgan fingerprint density at radius 1 is 1.44 bits per heavy atom. The molecule has 16 heavy (non-hydrogen) atoms. The second kappa shape index (κ2) is 3.54. The Hall–Kier alpha value is -0.930. The maximum atomic E-state index is 6.10. The summed E-state index contributed by atoms with van der Waals surface area (Å²) in [5.41, 5.74) is 8.81. The summed E-state index contributed by atoms with van der Waals surface area (Å²) in [4.78, 5) is 0. The van der Waals surface area contributed by atoms with Gasteiger partial charge in [-0.1, -0.05) is 12.1 Å². The Labute approximate surface area is 99.6 Å². The van der Waals surface area contributed by atoms with Gasteiger partial charge in [0.05, 0.1) is 10.4 Å². The topological polar surface area (TPSA) is 38.9 Å². The molecular formula is C13H16N2S. The lowest BCUT2D eigenvalue weighted by atomic mass is 10.0. The predicted octanol–water partition coefficient (Wildman–Crippen LogP) is 3.03. The van der Waals surface area contributed by atoms with Crippen LogP contribution in [0.3, 0.4) is 0 Å². The van der Waals surface area contributed by atoms with Crippen molar-refractivity contribution in [2.45, 2.75) is 38.1 Å². The summed E-state index contributed by atoms with van der Waals surface area (Å²) in [5, 5.41) is 1.29. The van der Waals surface area contributed by atoms with Crippen LogP contribution < -0.4 is 5.73 Å². The first-order valence-corrected chi connectivity index (χ1v) is 6.57. The molecule has 2 N–H and O–H groups in total. The fourth-order valence-electron chi connectivity index (χ4n) is 2.07. The van der Waals surface area contributed by atoms with Crippen LogP contribution in [-0.4, -0.2) is 9.91 Å². The van der Waals surface area contributed by atoms with Crippen LogP contribution in [0.4, 0.5) is 0 Å². The van der Waals surface area contributed by atoms with Crippen molar-refractivity contribution in [1.29, 1.82) is 0 Å². The van der Waals surface area contributed by atoms with E-state index in [4.69, 9.17) is 5.73 Å². The molecular weight excluding hydrogens is 216 g/mol. The molecule has 3 rings (SSSR count). The minimum atomic E-state index is 0.165. The van der Waals surface area contributed by atoms with Crippen molar-refractivity contribution in [2.24, 2.45) is 5.73 Å². The van der Waals surface area contributed by atoms with Crippen molar-refractivity contribution in [1.82, 2.24) is 4.37 Å². The van der Waals surface area contributed by atoms with E-state index in [2.05, 4.69) is 29.5 Å². The maximum Gasteiger partial charge on any atom is 0.0589 e. The normalized spacial score (nSPS) is 17.9. The van der Waals surface area contributed by atoms with Crippen molar-refractivity contribution < 1.29 is 0 Å². The molecule has 0 saturated heterocycles. The Morgan fingerprint density at radius 2 is 2.25 bits per heavy atom. The first-order chi connectivity index (χ1) is 7.66. The number of aryl methyl sites for hydroxylation is 2. The molecule has 1 aromatic heterocycles. The molecule has 1 aliphatic rings.